The summed E-state index contributed by atoms with van der Waals surface area (Å²) in [6.45, 7) is 5.29. The van der Waals surface area contributed by atoms with Crippen LogP contribution < -0.4 is 10.6 Å². The molecule has 0 saturated carbocycles. The lowest BCUT2D eigenvalue weighted by atomic mass is 10.2. The van der Waals surface area contributed by atoms with Crippen LogP contribution in [0.25, 0.3) is 0 Å². The zero-order valence-electron chi connectivity index (χ0n) is 11.5. The van der Waals surface area contributed by atoms with Gasteiger partial charge in [-0.25, -0.2) is 14.8 Å². The van der Waals surface area contributed by atoms with Crippen LogP contribution in [-0.2, 0) is 6.42 Å². The van der Waals surface area contributed by atoms with Crippen molar-refractivity contribution < 1.29 is 4.79 Å². The van der Waals surface area contributed by atoms with E-state index in [0.29, 0.717) is 13.1 Å². The third kappa shape index (κ3) is 4.57. The van der Waals surface area contributed by atoms with Gasteiger partial charge in [-0.3, -0.25) is 0 Å². The summed E-state index contributed by atoms with van der Waals surface area (Å²) >= 11 is 3.24. The molecule has 5 nitrogen and oxygen atoms in total. The molecule has 2 amide bonds. The number of nitrogens with zero attached hydrogens (tertiary/aromatic N) is 2. The fraction of sp³-hybridized carbons (Fsp3) is 0.462. The average molecular weight is 310 g/mol. The van der Waals surface area contributed by atoms with Crippen molar-refractivity contribution in [2.24, 2.45) is 0 Å². The molecule has 2 rings (SSSR count). The second kappa shape index (κ2) is 7.35. The first-order valence-corrected chi connectivity index (χ1v) is 8.22. The highest BCUT2D eigenvalue weighted by atomic mass is 32.1. The third-order valence-electron chi connectivity index (χ3n) is 2.78. The number of rotatable bonds is 6. The minimum atomic E-state index is -0.139. The number of nitrogens with one attached hydrogen (secondary N) is 2. The fourth-order valence-electron chi connectivity index (χ4n) is 1.66. The molecule has 0 saturated heterocycles. The van der Waals surface area contributed by atoms with Crippen molar-refractivity contribution in [1.29, 1.82) is 0 Å². The molecule has 108 valence electrons. The molecule has 7 heteroatoms. The monoisotopic (exact) mass is 310 g/mol. The summed E-state index contributed by atoms with van der Waals surface area (Å²) in [5.74, 6) is 0.234. The quantitative estimate of drug-likeness (QED) is 0.861. The zero-order chi connectivity index (χ0) is 14.4. The number of hydrogen-bond donors (Lipinski definition) is 2. The van der Waals surface area contributed by atoms with Crippen LogP contribution >= 0.6 is 22.7 Å². The second-order valence-corrected chi connectivity index (χ2v) is 6.56. The van der Waals surface area contributed by atoms with E-state index in [4.69, 9.17) is 0 Å². The van der Waals surface area contributed by atoms with Crippen molar-refractivity contribution in [3.05, 3.63) is 32.7 Å². The second-order valence-electron chi connectivity index (χ2n) is 4.58. The van der Waals surface area contributed by atoms with Gasteiger partial charge < -0.3 is 10.6 Å². The van der Waals surface area contributed by atoms with Gasteiger partial charge in [-0.2, -0.15) is 0 Å². The Morgan fingerprint density at radius 3 is 2.90 bits per heavy atom. The Bertz CT molecular complexity index is 538. The average Bonchev–Trinajstić information content (AvgIpc) is 3.07. The van der Waals surface area contributed by atoms with Crippen LogP contribution in [0.15, 0.2) is 17.1 Å². The summed E-state index contributed by atoms with van der Waals surface area (Å²) in [6, 6.07) is -0.139. The van der Waals surface area contributed by atoms with Crippen LogP contribution in [0, 0.1) is 6.92 Å². The number of urea groups is 1. The molecule has 0 aliphatic heterocycles. The first kappa shape index (κ1) is 14.9. The van der Waals surface area contributed by atoms with Crippen LogP contribution in [0.1, 0.15) is 28.4 Å². The molecular weight excluding hydrogens is 292 g/mol. The van der Waals surface area contributed by atoms with Crippen molar-refractivity contribution in [2.75, 3.05) is 13.1 Å². The number of carbonyl (C=O) groups is 1. The van der Waals surface area contributed by atoms with E-state index in [1.807, 2.05) is 18.5 Å². The molecule has 0 bridgehead atoms. The fourth-order valence-corrected chi connectivity index (χ4v) is 3.08. The van der Waals surface area contributed by atoms with Gasteiger partial charge in [-0.15, -0.1) is 22.7 Å². The van der Waals surface area contributed by atoms with Crippen molar-refractivity contribution >= 4 is 28.7 Å². The highest BCUT2D eigenvalue weighted by molar-refractivity contribution is 7.11. The standard InChI is InChI=1S/C13H18N4OS2/c1-9(12-15-6-10(2)20-12)5-16-13(18)14-4-3-11-7-19-8-17-11/h6-9H,3-5H2,1-2H3,(H2,14,16,18)/t9-/m1/s1. The molecule has 0 fully saturated rings. The Labute approximate surface area is 126 Å². The zero-order valence-corrected chi connectivity index (χ0v) is 13.2. The molecule has 0 radical (unpaired) electrons. The lowest BCUT2D eigenvalue weighted by Crippen LogP contribution is -2.38. The maximum Gasteiger partial charge on any atom is 0.314 e. The van der Waals surface area contributed by atoms with Gasteiger partial charge in [0.05, 0.1) is 16.2 Å². The van der Waals surface area contributed by atoms with E-state index < -0.39 is 0 Å². The molecule has 2 aromatic heterocycles. The topological polar surface area (TPSA) is 66.9 Å². The predicted octanol–water partition coefficient (Wildman–Crippen LogP) is 2.55. The molecule has 2 aromatic rings. The van der Waals surface area contributed by atoms with E-state index in [0.717, 1.165) is 17.1 Å². The summed E-state index contributed by atoms with van der Waals surface area (Å²) < 4.78 is 0. The maximum absolute atomic E-state index is 11.7. The first-order chi connectivity index (χ1) is 9.65. The number of aromatic nitrogens is 2. The molecule has 2 N–H and O–H groups in total. The van der Waals surface area contributed by atoms with Gasteiger partial charge in [-0.1, -0.05) is 6.92 Å². The van der Waals surface area contributed by atoms with Gasteiger partial charge in [0.15, 0.2) is 0 Å². The molecule has 0 aromatic carbocycles. The highest BCUT2D eigenvalue weighted by Crippen LogP contribution is 2.20. The predicted molar refractivity (Wildman–Crippen MR) is 82.5 cm³/mol. The molecule has 0 aliphatic carbocycles. The lowest BCUT2D eigenvalue weighted by Gasteiger charge is -2.11. The van der Waals surface area contributed by atoms with Gasteiger partial charge in [0, 0.05) is 41.9 Å². The Morgan fingerprint density at radius 1 is 1.40 bits per heavy atom. The Hall–Kier alpha value is -1.47. The van der Waals surface area contributed by atoms with Gasteiger partial charge >= 0.3 is 6.03 Å². The number of amides is 2. The molecular formula is C13H18N4OS2. The van der Waals surface area contributed by atoms with E-state index in [1.165, 1.54) is 4.88 Å². The summed E-state index contributed by atoms with van der Waals surface area (Å²) in [6.07, 6.45) is 2.63. The van der Waals surface area contributed by atoms with E-state index in [-0.39, 0.29) is 11.9 Å². The van der Waals surface area contributed by atoms with E-state index in [2.05, 4.69) is 27.5 Å². The third-order valence-corrected chi connectivity index (χ3v) is 4.56. The number of carbonyl (C=O) groups excluding carboxylic acids is 1. The smallest absolute Gasteiger partial charge is 0.314 e. The highest BCUT2D eigenvalue weighted by Gasteiger charge is 2.10. The number of aryl methyl sites for hydroxylation is 1. The molecule has 20 heavy (non-hydrogen) atoms. The van der Waals surface area contributed by atoms with Crippen molar-refractivity contribution in [2.45, 2.75) is 26.2 Å². The molecule has 0 unspecified atom stereocenters. The van der Waals surface area contributed by atoms with Gasteiger partial charge in [0.2, 0.25) is 0 Å². The largest absolute Gasteiger partial charge is 0.338 e. The first-order valence-electron chi connectivity index (χ1n) is 6.46. The lowest BCUT2D eigenvalue weighted by molar-refractivity contribution is 0.240. The minimum Gasteiger partial charge on any atom is -0.338 e. The molecule has 0 aliphatic rings. The summed E-state index contributed by atoms with van der Waals surface area (Å²) in [5.41, 5.74) is 2.81. The maximum atomic E-state index is 11.7. The summed E-state index contributed by atoms with van der Waals surface area (Å²) in [7, 11) is 0. The summed E-state index contributed by atoms with van der Waals surface area (Å²) in [4.78, 5) is 21.3. The molecule has 2 heterocycles. The molecule has 1 atom stereocenters. The van der Waals surface area contributed by atoms with E-state index in [9.17, 15) is 4.79 Å². The van der Waals surface area contributed by atoms with Crippen LogP contribution in [-0.4, -0.2) is 29.1 Å². The Balaban J connectivity index is 1.64. The Kier molecular flexibility index (Phi) is 5.49. The van der Waals surface area contributed by atoms with Crippen LogP contribution in [0.2, 0.25) is 0 Å². The van der Waals surface area contributed by atoms with Crippen LogP contribution in [0.5, 0.6) is 0 Å². The van der Waals surface area contributed by atoms with Crippen molar-refractivity contribution in [3.8, 4) is 0 Å². The van der Waals surface area contributed by atoms with Crippen molar-refractivity contribution in [3.63, 3.8) is 0 Å². The van der Waals surface area contributed by atoms with Crippen LogP contribution in [0.4, 0.5) is 4.79 Å². The summed E-state index contributed by atoms with van der Waals surface area (Å²) in [5, 5.41) is 8.75. The van der Waals surface area contributed by atoms with Gasteiger partial charge in [0.1, 0.15) is 0 Å². The Morgan fingerprint density at radius 2 is 2.25 bits per heavy atom. The molecule has 0 spiro atoms. The number of hydrogen-bond acceptors (Lipinski definition) is 5. The number of thiazole rings is 2. The normalized spacial score (nSPS) is 12.1. The van der Waals surface area contributed by atoms with Gasteiger partial charge in [0.25, 0.3) is 0 Å². The van der Waals surface area contributed by atoms with Crippen molar-refractivity contribution in [1.82, 2.24) is 20.6 Å². The van der Waals surface area contributed by atoms with E-state index >= 15 is 0 Å². The minimum absolute atomic E-state index is 0.139. The van der Waals surface area contributed by atoms with E-state index in [1.54, 1.807) is 28.2 Å². The van der Waals surface area contributed by atoms with Gasteiger partial charge in [-0.05, 0) is 6.92 Å². The van der Waals surface area contributed by atoms with Crippen LogP contribution in [0.3, 0.4) is 0 Å². The SMILES string of the molecule is Cc1cnc([C@H](C)CNC(=O)NCCc2cscn2)s1.